The number of aromatic hydroxyl groups is 1. The van der Waals surface area contributed by atoms with Crippen LogP contribution in [0.3, 0.4) is 0 Å². The minimum absolute atomic E-state index is 0.0886. The van der Waals surface area contributed by atoms with Crippen LogP contribution in [0.15, 0.2) is 59.8 Å². The molecule has 222 valence electrons. The van der Waals surface area contributed by atoms with Gasteiger partial charge in [0.05, 0.1) is 36.8 Å². The summed E-state index contributed by atoms with van der Waals surface area (Å²) in [6.07, 6.45) is 7.12. The van der Waals surface area contributed by atoms with Crippen molar-refractivity contribution < 1.29 is 34.1 Å². The molecule has 1 aliphatic carbocycles. The quantitative estimate of drug-likeness (QED) is 0.200. The molecule has 0 saturated carbocycles. The number of rotatable bonds is 13. The van der Waals surface area contributed by atoms with Crippen molar-refractivity contribution >= 4 is 29.4 Å². The minimum Gasteiger partial charge on any atom is -0.507 e. The summed E-state index contributed by atoms with van der Waals surface area (Å²) in [7, 11) is 1.64. The smallest absolute Gasteiger partial charge is 0.303 e. The molecular weight excluding hydrogens is 536 g/mol. The number of hydrogen-bond acceptors (Lipinski definition) is 7. The van der Waals surface area contributed by atoms with Gasteiger partial charge in [-0.1, -0.05) is 30.7 Å². The number of carboxylic acid groups (broad SMARTS) is 1. The van der Waals surface area contributed by atoms with Crippen LogP contribution in [0, 0.1) is 17.8 Å². The third-order valence-electron chi connectivity index (χ3n) is 8.63. The van der Waals surface area contributed by atoms with Crippen molar-refractivity contribution in [2.75, 3.05) is 26.9 Å². The van der Waals surface area contributed by atoms with Gasteiger partial charge in [-0.2, -0.15) is 0 Å². The fraction of sp³-hybridized carbons (Fsp3) is 0.455. The average molecular weight is 575 g/mol. The second-order valence-electron chi connectivity index (χ2n) is 11.3. The zero-order valence-corrected chi connectivity index (χ0v) is 23.9. The Balaban J connectivity index is 1.33. The first-order valence-electron chi connectivity index (χ1n) is 14.7. The van der Waals surface area contributed by atoms with Gasteiger partial charge in [-0.05, 0) is 73.1 Å². The molecule has 2 aliphatic heterocycles. The molecule has 4 atom stereocenters. The topological polar surface area (TPSA) is 126 Å². The van der Waals surface area contributed by atoms with Crippen molar-refractivity contribution in [3.05, 3.63) is 71.1 Å². The van der Waals surface area contributed by atoms with Crippen LogP contribution < -0.4 is 0 Å². The fourth-order valence-electron chi connectivity index (χ4n) is 6.70. The van der Waals surface area contributed by atoms with E-state index in [1.54, 1.807) is 25.4 Å². The van der Waals surface area contributed by atoms with Crippen molar-refractivity contribution in [1.29, 1.82) is 0 Å². The fourth-order valence-corrected chi connectivity index (χ4v) is 6.70. The molecular formula is C33H38N2O7. The van der Waals surface area contributed by atoms with Crippen molar-refractivity contribution in [2.24, 2.45) is 17.8 Å². The number of benzene rings is 1. The van der Waals surface area contributed by atoms with Gasteiger partial charge in [0.2, 0.25) is 11.8 Å². The van der Waals surface area contributed by atoms with Gasteiger partial charge in [-0.25, -0.2) is 0 Å². The molecule has 3 aliphatic rings. The van der Waals surface area contributed by atoms with Gasteiger partial charge in [0.1, 0.15) is 5.75 Å². The molecule has 1 aromatic heterocycles. The molecule has 0 bridgehead atoms. The number of imide groups is 1. The number of pyridine rings is 1. The Labute approximate surface area is 245 Å². The molecule has 9 heteroatoms. The summed E-state index contributed by atoms with van der Waals surface area (Å²) in [5, 5.41) is 19.3. The standard InChI is InChI=1S/C33H38N2O7/c1-41-19-23-18-24-31(33(40)35(32(24)39)16-8-2-3-12-29(37)38)25-20-42-28(30(23)25)14-13-21(26-10-6-7-15-34-26)17-22-9-4-5-11-27(22)36/h4-7,9-11,15,17,24-25,28,31,36H,2-3,8,12-14,16,18-20H2,1H3,(H,37,38)/b21-17-/t24-,25+,28-,31-/m1/s1. The number of para-hydroxylation sites is 1. The summed E-state index contributed by atoms with van der Waals surface area (Å²) in [5.74, 6) is -1.94. The lowest BCUT2D eigenvalue weighted by atomic mass is 9.69. The lowest BCUT2D eigenvalue weighted by molar-refractivity contribution is -0.141. The van der Waals surface area contributed by atoms with Crippen LogP contribution in [0.1, 0.15) is 56.2 Å². The predicted molar refractivity (Wildman–Crippen MR) is 156 cm³/mol. The summed E-state index contributed by atoms with van der Waals surface area (Å²) in [6.45, 7) is 1.08. The summed E-state index contributed by atoms with van der Waals surface area (Å²) in [6, 6.07) is 12.9. The number of phenols is 1. The van der Waals surface area contributed by atoms with E-state index in [1.807, 2.05) is 36.4 Å². The molecule has 2 saturated heterocycles. The predicted octanol–water partition coefficient (Wildman–Crippen LogP) is 4.72. The number of carbonyl (C=O) groups is 3. The summed E-state index contributed by atoms with van der Waals surface area (Å²) >= 11 is 0. The number of hydrogen-bond donors (Lipinski definition) is 2. The van der Waals surface area contributed by atoms with Crippen molar-refractivity contribution in [1.82, 2.24) is 9.88 Å². The SMILES string of the molecule is COCC1=C2[C@@H](CC/C(=C/c3ccccc3O)c3ccccn3)OC[C@@H]2[C@@H]2C(=O)N(CCCCCC(=O)O)C(=O)[C@@H]2C1. The van der Waals surface area contributed by atoms with Crippen LogP contribution in [-0.2, 0) is 23.9 Å². The number of methoxy groups -OCH3 is 1. The van der Waals surface area contributed by atoms with E-state index in [0.717, 1.165) is 22.4 Å². The molecule has 2 aromatic rings. The van der Waals surface area contributed by atoms with Gasteiger partial charge in [0.25, 0.3) is 0 Å². The van der Waals surface area contributed by atoms with E-state index >= 15 is 0 Å². The number of fused-ring (bicyclic) bond motifs is 3. The summed E-state index contributed by atoms with van der Waals surface area (Å²) in [5.41, 5.74) is 4.63. The van der Waals surface area contributed by atoms with E-state index in [4.69, 9.17) is 14.6 Å². The van der Waals surface area contributed by atoms with E-state index in [0.29, 0.717) is 63.8 Å². The highest BCUT2D eigenvalue weighted by Gasteiger charge is 2.56. The number of unbranched alkanes of at least 4 members (excludes halogenated alkanes) is 2. The molecule has 0 unspecified atom stereocenters. The maximum absolute atomic E-state index is 13.6. The molecule has 1 aromatic carbocycles. The minimum atomic E-state index is -0.838. The number of aliphatic carboxylic acids is 1. The van der Waals surface area contributed by atoms with Gasteiger partial charge in [0, 0.05) is 37.8 Å². The average Bonchev–Trinajstić information content (AvgIpc) is 3.51. The van der Waals surface area contributed by atoms with Crippen LogP contribution in [-0.4, -0.2) is 70.9 Å². The van der Waals surface area contributed by atoms with Crippen molar-refractivity contribution in [3.8, 4) is 5.75 Å². The highest BCUT2D eigenvalue weighted by atomic mass is 16.5. The number of carbonyl (C=O) groups excluding carboxylic acids is 2. The van der Waals surface area contributed by atoms with Crippen LogP contribution in [0.2, 0.25) is 0 Å². The molecule has 2 N–H and O–H groups in total. The molecule has 42 heavy (non-hydrogen) atoms. The van der Waals surface area contributed by atoms with E-state index < -0.39 is 17.8 Å². The molecule has 0 spiro atoms. The van der Waals surface area contributed by atoms with Crippen LogP contribution in [0.5, 0.6) is 5.75 Å². The third kappa shape index (κ3) is 6.32. The van der Waals surface area contributed by atoms with Crippen LogP contribution in [0.25, 0.3) is 11.6 Å². The van der Waals surface area contributed by atoms with E-state index in [9.17, 15) is 19.5 Å². The molecule has 2 amide bonds. The maximum atomic E-state index is 13.6. The lowest BCUT2D eigenvalue weighted by Crippen LogP contribution is -2.35. The number of carboxylic acids is 1. The van der Waals surface area contributed by atoms with E-state index in [-0.39, 0.29) is 36.0 Å². The Morgan fingerprint density at radius 1 is 1.07 bits per heavy atom. The van der Waals surface area contributed by atoms with Gasteiger partial charge < -0.3 is 19.7 Å². The second kappa shape index (κ2) is 13.4. The third-order valence-corrected chi connectivity index (χ3v) is 8.63. The number of ether oxygens (including phenoxy) is 2. The number of likely N-dealkylation sites (tertiary alicyclic amines) is 1. The Kier molecular flexibility index (Phi) is 9.49. The first-order valence-corrected chi connectivity index (χ1v) is 14.7. The maximum Gasteiger partial charge on any atom is 0.303 e. The zero-order chi connectivity index (χ0) is 29.6. The normalized spacial score (nSPS) is 23.8. The Morgan fingerprint density at radius 3 is 2.62 bits per heavy atom. The Hall–Kier alpha value is -3.82. The van der Waals surface area contributed by atoms with E-state index in [2.05, 4.69) is 4.98 Å². The molecule has 0 radical (unpaired) electrons. The molecule has 9 nitrogen and oxygen atoms in total. The van der Waals surface area contributed by atoms with Crippen molar-refractivity contribution in [3.63, 3.8) is 0 Å². The van der Waals surface area contributed by atoms with Gasteiger partial charge in [-0.15, -0.1) is 0 Å². The number of nitrogens with zero attached hydrogens (tertiary/aromatic N) is 2. The van der Waals surface area contributed by atoms with Crippen molar-refractivity contribution in [2.45, 2.75) is 51.0 Å². The Bertz CT molecular complexity index is 1370. The summed E-state index contributed by atoms with van der Waals surface area (Å²) in [4.78, 5) is 43.7. The first kappa shape index (κ1) is 29.7. The Morgan fingerprint density at radius 2 is 1.88 bits per heavy atom. The van der Waals surface area contributed by atoms with Gasteiger partial charge in [0.15, 0.2) is 0 Å². The second-order valence-corrected chi connectivity index (χ2v) is 11.3. The highest BCUT2D eigenvalue weighted by Crippen LogP contribution is 2.50. The molecule has 2 fully saturated rings. The van der Waals surface area contributed by atoms with E-state index in [1.165, 1.54) is 4.90 Å². The molecule has 3 heterocycles. The summed E-state index contributed by atoms with van der Waals surface area (Å²) < 4.78 is 11.9. The monoisotopic (exact) mass is 574 g/mol. The number of amides is 2. The number of aromatic nitrogens is 1. The van der Waals surface area contributed by atoms with Gasteiger partial charge in [-0.3, -0.25) is 24.3 Å². The number of phenolic OH excluding ortho intramolecular Hbond substituents is 1. The van der Waals surface area contributed by atoms with Crippen LogP contribution >= 0.6 is 0 Å². The largest absolute Gasteiger partial charge is 0.507 e. The number of allylic oxidation sites excluding steroid dienone is 1. The van der Waals surface area contributed by atoms with Gasteiger partial charge >= 0.3 is 5.97 Å². The van der Waals surface area contributed by atoms with Crippen LogP contribution in [0.4, 0.5) is 0 Å². The first-order chi connectivity index (χ1) is 20.4. The molecule has 5 rings (SSSR count). The lowest BCUT2D eigenvalue weighted by Gasteiger charge is -2.31. The zero-order valence-electron chi connectivity index (χ0n) is 23.9. The highest BCUT2D eigenvalue weighted by molar-refractivity contribution is 6.06.